The molecule has 1 rings (SSSR count). The Kier molecular flexibility index (Phi) is 39.8. The van der Waals surface area contributed by atoms with Crippen LogP contribution in [0, 0.1) is 0 Å². The summed E-state index contributed by atoms with van der Waals surface area (Å²) in [5.74, 6) is 0. The summed E-state index contributed by atoms with van der Waals surface area (Å²) in [4.78, 5) is 0. The lowest BCUT2D eigenvalue weighted by molar-refractivity contribution is 0.106. The maximum Gasteiger partial charge on any atom is 0.484 e. The van der Waals surface area contributed by atoms with Crippen LogP contribution in [-0.2, 0) is 39.8 Å². The zero-order valence-corrected chi connectivity index (χ0v) is 30.6. The molecule has 0 unspecified atom stereocenters. The summed E-state index contributed by atoms with van der Waals surface area (Å²) in [5.41, 5.74) is 0. The Labute approximate surface area is 235 Å². The second-order valence-corrected chi connectivity index (χ2v) is 12.5. The van der Waals surface area contributed by atoms with Gasteiger partial charge in [-0.25, -0.2) is 0 Å². The van der Waals surface area contributed by atoms with Crippen molar-refractivity contribution in [3.05, 3.63) is 30.3 Å². The molecule has 9 nitrogen and oxygen atoms in total. The van der Waals surface area contributed by atoms with Crippen molar-refractivity contribution in [2.24, 2.45) is 0 Å². The Morgan fingerprint density at radius 1 is 0.405 bits per heavy atom. The average molecular weight is 601 g/mol. The van der Waals surface area contributed by atoms with Crippen molar-refractivity contribution < 1.29 is 39.8 Å². The molecule has 0 saturated carbocycles. The number of rotatable bonds is 18. The van der Waals surface area contributed by atoms with E-state index in [2.05, 4.69) is 24.3 Å². The monoisotopic (exact) mass is 600 g/mol. The highest BCUT2D eigenvalue weighted by molar-refractivity contribution is 6.36. The SMILES string of the molecule is CCO[SiH](OCC)OCC.CCO[SiH](OCC)OCC.CCO[SiH](OCC)OCC.[SiH3]c1ccccc1. The molecule has 222 valence electrons. The van der Waals surface area contributed by atoms with Crippen molar-refractivity contribution in [1.29, 1.82) is 0 Å². The summed E-state index contributed by atoms with van der Waals surface area (Å²) in [6.07, 6.45) is 0. The van der Waals surface area contributed by atoms with Gasteiger partial charge >= 0.3 is 28.6 Å². The maximum absolute atomic E-state index is 5.22. The first-order valence-electron chi connectivity index (χ1n) is 13.5. The average Bonchev–Trinajstić information content (AvgIpc) is 2.87. The first kappa shape index (κ1) is 41.2. The molecule has 1 aromatic rings. The van der Waals surface area contributed by atoms with Crippen LogP contribution < -0.4 is 5.19 Å². The van der Waals surface area contributed by atoms with Gasteiger partial charge in [0.1, 0.15) is 0 Å². The Morgan fingerprint density at radius 2 is 0.595 bits per heavy atom. The van der Waals surface area contributed by atoms with E-state index < -0.39 is 28.6 Å². The third-order valence-electron chi connectivity index (χ3n) is 3.67. The molecule has 0 heterocycles. The molecule has 0 spiro atoms. The first-order chi connectivity index (χ1) is 17.9. The quantitative estimate of drug-likeness (QED) is 0.235. The molecule has 1 aromatic carbocycles. The van der Waals surface area contributed by atoms with Crippen LogP contribution in [0.25, 0.3) is 0 Å². The standard InChI is InChI=1S/3C6H16O3Si.C6H8Si/c3*1-4-7-10(8-5-2)9-6-3;7-6-4-2-1-3-5-6/h3*10H,4-6H2,1-3H3;1-5H,7H3. The fourth-order valence-electron chi connectivity index (χ4n) is 2.19. The van der Waals surface area contributed by atoms with Gasteiger partial charge in [-0.05, 0) is 62.3 Å². The number of hydrogen-bond donors (Lipinski definition) is 0. The first-order valence-corrected chi connectivity index (χ1v) is 18.7. The van der Waals surface area contributed by atoms with Crippen molar-refractivity contribution in [3.8, 4) is 0 Å². The lowest BCUT2D eigenvalue weighted by atomic mass is 10.4. The van der Waals surface area contributed by atoms with Gasteiger partial charge in [0.05, 0.1) is 0 Å². The van der Waals surface area contributed by atoms with Gasteiger partial charge in [0, 0.05) is 69.7 Å². The summed E-state index contributed by atoms with van der Waals surface area (Å²) < 4.78 is 47.0. The molecule has 0 saturated heterocycles. The second-order valence-electron chi connectivity index (χ2n) is 6.62. The van der Waals surface area contributed by atoms with Crippen LogP contribution in [0.5, 0.6) is 0 Å². The Hall–Kier alpha value is -0.272. The largest absolute Gasteiger partial charge is 0.484 e. The van der Waals surface area contributed by atoms with E-state index in [0.717, 1.165) is 0 Å². The fraction of sp³-hybridized carbons (Fsp3) is 0.750. The molecular formula is C24H56O9Si4. The van der Waals surface area contributed by atoms with Gasteiger partial charge in [-0.1, -0.05) is 35.5 Å². The molecule has 0 radical (unpaired) electrons. The summed E-state index contributed by atoms with van der Waals surface area (Å²) in [5, 5.41) is 1.46. The minimum absolute atomic E-state index is 0.677. The topological polar surface area (TPSA) is 83.1 Å². The normalized spacial score (nSPS) is 10.5. The van der Waals surface area contributed by atoms with E-state index in [0.29, 0.717) is 59.5 Å². The highest BCUT2D eigenvalue weighted by atomic mass is 28.3. The lowest BCUT2D eigenvalue weighted by Crippen LogP contribution is -2.27. The van der Waals surface area contributed by atoms with E-state index in [1.54, 1.807) is 0 Å². The zero-order valence-electron chi connectivity index (χ0n) is 25.2. The predicted molar refractivity (Wildman–Crippen MR) is 162 cm³/mol. The third-order valence-corrected chi connectivity index (χ3v) is 9.78. The van der Waals surface area contributed by atoms with Gasteiger partial charge in [-0.15, -0.1) is 0 Å². The van der Waals surface area contributed by atoms with Crippen LogP contribution in [0.3, 0.4) is 0 Å². The van der Waals surface area contributed by atoms with Gasteiger partial charge in [0.25, 0.3) is 0 Å². The maximum atomic E-state index is 5.22. The van der Waals surface area contributed by atoms with E-state index in [-0.39, 0.29) is 0 Å². The van der Waals surface area contributed by atoms with Gasteiger partial charge < -0.3 is 39.8 Å². The van der Waals surface area contributed by atoms with Crippen LogP contribution in [-0.4, -0.2) is 98.3 Å². The molecule has 0 aromatic heterocycles. The zero-order chi connectivity index (χ0) is 28.6. The van der Waals surface area contributed by atoms with Crippen LogP contribution in [0.2, 0.25) is 0 Å². The summed E-state index contributed by atoms with van der Waals surface area (Å²) in [7, 11) is -4.03. The molecule has 0 aliphatic heterocycles. The molecular weight excluding hydrogens is 545 g/mol. The molecule has 0 aliphatic rings. The van der Waals surface area contributed by atoms with E-state index in [9.17, 15) is 0 Å². The van der Waals surface area contributed by atoms with Crippen molar-refractivity contribution in [2.75, 3.05) is 59.5 Å². The molecule has 0 N–H and O–H groups in total. The van der Waals surface area contributed by atoms with E-state index in [4.69, 9.17) is 39.8 Å². The molecule has 0 fully saturated rings. The molecule has 0 atom stereocenters. The van der Waals surface area contributed by atoms with Crippen molar-refractivity contribution >= 4 is 44.0 Å². The second kappa shape index (κ2) is 35.7. The van der Waals surface area contributed by atoms with Gasteiger partial charge in [-0.3, -0.25) is 0 Å². The summed E-state index contributed by atoms with van der Waals surface area (Å²) >= 11 is 0. The highest BCUT2D eigenvalue weighted by Crippen LogP contribution is 1.92. The third kappa shape index (κ3) is 33.7. The minimum atomic E-state index is -1.73. The van der Waals surface area contributed by atoms with Gasteiger partial charge in [0.15, 0.2) is 0 Å². The van der Waals surface area contributed by atoms with Crippen LogP contribution in [0.1, 0.15) is 62.3 Å². The Morgan fingerprint density at radius 3 is 0.703 bits per heavy atom. The minimum Gasteiger partial charge on any atom is -0.376 e. The fourth-order valence-corrected chi connectivity index (χ4v) is 5.89. The van der Waals surface area contributed by atoms with Gasteiger partial charge in [0.2, 0.25) is 0 Å². The summed E-state index contributed by atoms with van der Waals surface area (Å²) in [6.45, 7) is 23.6. The smallest absolute Gasteiger partial charge is 0.376 e. The highest BCUT2D eigenvalue weighted by Gasteiger charge is 2.12. The number of benzene rings is 1. The lowest BCUT2D eigenvalue weighted by Gasteiger charge is -2.12. The Bertz CT molecular complexity index is 437. The molecule has 0 amide bonds. The predicted octanol–water partition coefficient (Wildman–Crippen LogP) is 2.12. The Balaban J connectivity index is -0.000000419. The molecule has 13 heteroatoms. The van der Waals surface area contributed by atoms with Crippen LogP contribution >= 0.6 is 0 Å². The van der Waals surface area contributed by atoms with Crippen molar-refractivity contribution in [2.45, 2.75) is 62.3 Å². The molecule has 0 aliphatic carbocycles. The molecule has 37 heavy (non-hydrogen) atoms. The van der Waals surface area contributed by atoms with Gasteiger partial charge in [-0.2, -0.15) is 0 Å². The molecule has 0 bridgehead atoms. The number of hydrogen-bond acceptors (Lipinski definition) is 9. The summed E-state index contributed by atoms with van der Waals surface area (Å²) in [6, 6.07) is 10.5. The van der Waals surface area contributed by atoms with Crippen molar-refractivity contribution in [3.63, 3.8) is 0 Å². The van der Waals surface area contributed by atoms with Crippen molar-refractivity contribution in [1.82, 2.24) is 0 Å². The van der Waals surface area contributed by atoms with E-state index in [1.165, 1.54) is 15.4 Å². The van der Waals surface area contributed by atoms with Crippen LogP contribution in [0.4, 0.5) is 0 Å². The van der Waals surface area contributed by atoms with E-state index in [1.807, 2.05) is 68.4 Å². The van der Waals surface area contributed by atoms with Crippen LogP contribution in [0.15, 0.2) is 30.3 Å². The van der Waals surface area contributed by atoms with E-state index >= 15 is 0 Å².